The molecule has 0 amide bonds. The van der Waals surface area contributed by atoms with Gasteiger partial charge in [-0.1, -0.05) is 13.8 Å². The van der Waals surface area contributed by atoms with E-state index in [0.717, 1.165) is 31.4 Å². The molecule has 0 aliphatic rings. The Morgan fingerprint density at radius 2 is 2.00 bits per heavy atom. The van der Waals surface area contributed by atoms with Crippen molar-refractivity contribution in [2.24, 2.45) is 0 Å². The topological polar surface area (TPSA) is 33.4 Å². The molecule has 1 heterocycles. The van der Waals surface area contributed by atoms with Gasteiger partial charge in [0.25, 0.3) is 0 Å². The first-order valence-electron chi connectivity index (χ1n) is 5.36. The van der Waals surface area contributed by atoms with Crippen molar-refractivity contribution < 1.29 is 9.52 Å². The first-order chi connectivity index (χ1) is 6.61. The molecule has 0 spiro atoms. The lowest BCUT2D eigenvalue weighted by Gasteiger charge is -2.24. The Labute approximate surface area is 85.9 Å². The first-order valence-corrected chi connectivity index (χ1v) is 5.36. The van der Waals surface area contributed by atoms with Crippen LogP contribution in [0.15, 0.2) is 16.7 Å². The van der Waals surface area contributed by atoms with Crippen LogP contribution in [0.1, 0.15) is 44.4 Å². The second-order valence-corrected chi connectivity index (χ2v) is 3.96. The van der Waals surface area contributed by atoms with Crippen LogP contribution < -0.4 is 0 Å². The molecule has 0 saturated carbocycles. The Morgan fingerprint density at radius 1 is 1.36 bits per heavy atom. The van der Waals surface area contributed by atoms with Crippen molar-refractivity contribution in [2.75, 3.05) is 0 Å². The van der Waals surface area contributed by atoms with Crippen LogP contribution in [0.2, 0.25) is 0 Å². The second kappa shape index (κ2) is 4.65. The smallest absolute Gasteiger partial charge is 0.106 e. The Kier molecular flexibility index (Phi) is 3.76. The van der Waals surface area contributed by atoms with Gasteiger partial charge >= 0.3 is 0 Å². The molecular weight excluding hydrogens is 176 g/mol. The zero-order valence-electron chi connectivity index (χ0n) is 9.34. The molecule has 0 atom stereocenters. The maximum atomic E-state index is 10.1. The van der Waals surface area contributed by atoms with Gasteiger partial charge in [-0.15, -0.1) is 0 Å². The summed E-state index contributed by atoms with van der Waals surface area (Å²) in [4.78, 5) is 0. The third-order valence-electron chi connectivity index (χ3n) is 3.10. The fourth-order valence-electron chi connectivity index (χ4n) is 1.61. The molecule has 0 bridgehead atoms. The van der Waals surface area contributed by atoms with Gasteiger partial charge in [0.2, 0.25) is 0 Å². The minimum Gasteiger partial charge on any atom is -0.469 e. The fourth-order valence-corrected chi connectivity index (χ4v) is 1.61. The van der Waals surface area contributed by atoms with E-state index >= 15 is 0 Å². The fraction of sp³-hybridized carbons (Fsp3) is 0.667. The summed E-state index contributed by atoms with van der Waals surface area (Å²) in [6, 6.07) is 1.96. The maximum Gasteiger partial charge on any atom is 0.106 e. The molecule has 1 aromatic heterocycles. The molecule has 1 aromatic rings. The predicted molar refractivity (Wildman–Crippen MR) is 57.3 cm³/mol. The van der Waals surface area contributed by atoms with Gasteiger partial charge in [-0.2, -0.15) is 0 Å². The number of aliphatic hydroxyl groups is 1. The van der Waals surface area contributed by atoms with E-state index in [1.54, 1.807) is 6.26 Å². The van der Waals surface area contributed by atoms with E-state index in [-0.39, 0.29) is 0 Å². The van der Waals surface area contributed by atoms with Crippen molar-refractivity contribution in [1.82, 2.24) is 0 Å². The highest BCUT2D eigenvalue weighted by Gasteiger charge is 2.22. The normalized spacial score (nSPS) is 12.0. The molecule has 1 rings (SSSR count). The Bertz CT molecular complexity index is 272. The lowest BCUT2D eigenvalue weighted by atomic mass is 9.91. The van der Waals surface area contributed by atoms with Crippen molar-refractivity contribution in [3.63, 3.8) is 0 Å². The summed E-state index contributed by atoms with van der Waals surface area (Å²) in [6.07, 6.45) is 4.94. The van der Waals surface area contributed by atoms with Crippen molar-refractivity contribution in [3.8, 4) is 0 Å². The van der Waals surface area contributed by atoms with E-state index in [9.17, 15) is 5.11 Å². The highest BCUT2D eigenvalue weighted by Crippen LogP contribution is 2.23. The largest absolute Gasteiger partial charge is 0.469 e. The van der Waals surface area contributed by atoms with Crippen molar-refractivity contribution in [3.05, 3.63) is 23.7 Å². The predicted octanol–water partition coefficient (Wildman–Crippen LogP) is 3.07. The summed E-state index contributed by atoms with van der Waals surface area (Å²) in [7, 11) is 0. The molecule has 0 saturated heterocycles. The summed E-state index contributed by atoms with van der Waals surface area (Å²) in [5.74, 6) is 1.00. The Hall–Kier alpha value is -0.760. The SMILES string of the molecule is CCC(O)(CC)CCc1occc1C. The maximum absolute atomic E-state index is 10.1. The van der Waals surface area contributed by atoms with Crippen LogP contribution in [0.25, 0.3) is 0 Å². The molecule has 0 aromatic carbocycles. The third kappa shape index (κ3) is 2.61. The van der Waals surface area contributed by atoms with Crippen LogP contribution in [0, 0.1) is 6.92 Å². The third-order valence-corrected chi connectivity index (χ3v) is 3.10. The Balaban J connectivity index is 2.52. The summed E-state index contributed by atoms with van der Waals surface area (Å²) in [5.41, 5.74) is 0.665. The van der Waals surface area contributed by atoms with Gasteiger partial charge in [0.1, 0.15) is 5.76 Å². The van der Waals surface area contributed by atoms with Gasteiger partial charge < -0.3 is 9.52 Å². The molecule has 0 aliphatic heterocycles. The Morgan fingerprint density at radius 3 is 2.43 bits per heavy atom. The van der Waals surface area contributed by atoms with Gasteiger partial charge in [-0.05, 0) is 37.8 Å². The average Bonchev–Trinajstić information content (AvgIpc) is 2.61. The standard InChI is InChI=1S/C12H20O2/c1-4-12(13,5-2)8-6-11-10(3)7-9-14-11/h7,9,13H,4-6,8H2,1-3H3. The van der Waals surface area contributed by atoms with Gasteiger partial charge in [-0.3, -0.25) is 0 Å². The molecule has 0 radical (unpaired) electrons. The van der Waals surface area contributed by atoms with Gasteiger partial charge in [0.15, 0.2) is 0 Å². The highest BCUT2D eigenvalue weighted by molar-refractivity contribution is 5.14. The quantitative estimate of drug-likeness (QED) is 0.785. The molecule has 0 aliphatic carbocycles. The first kappa shape index (κ1) is 11.3. The van der Waals surface area contributed by atoms with Crippen LogP contribution in [-0.4, -0.2) is 10.7 Å². The van der Waals surface area contributed by atoms with Crippen LogP contribution in [0.4, 0.5) is 0 Å². The molecular formula is C12H20O2. The molecule has 2 heteroatoms. The van der Waals surface area contributed by atoms with E-state index in [4.69, 9.17) is 4.42 Å². The molecule has 14 heavy (non-hydrogen) atoms. The van der Waals surface area contributed by atoms with Crippen molar-refractivity contribution in [1.29, 1.82) is 0 Å². The summed E-state index contributed by atoms with van der Waals surface area (Å²) >= 11 is 0. The molecule has 0 fully saturated rings. The van der Waals surface area contributed by atoms with Crippen LogP contribution >= 0.6 is 0 Å². The molecule has 1 N–H and O–H groups in total. The molecule has 2 nitrogen and oxygen atoms in total. The van der Waals surface area contributed by atoms with Crippen molar-refractivity contribution >= 4 is 0 Å². The zero-order valence-corrected chi connectivity index (χ0v) is 9.34. The van der Waals surface area contributed by atoms with Gasteiger partial charge in [0, 0.05) is 6.42 Å². The van der Waals surface area contributed by atoms with Crippen molar-refractivity contribution in [2.45, 2.75) is 52.1 Å². The van der Waals surface area contributed by atoms with Crippen LogP contribution in [0.3, 0.4) is 0 Å². The summed E-state index contributed by atoms with van der Waals surface area (Å²) in [5, 5.41) is 10.1. The number of hydrogen-bond acceptors (Lipinski definition) is 2. The van der Waals surface area contributed by atoms with Gasteiger partial charge in [0.05, 0.1) is 11.9 Å². The minimum atomic E-state index is -0.515. The number of aryl methyl sites for hydroxylation is 2. The summed E-state index contributed by atoms with van der Waals surface area (Å²) in [6.45, 7) is 6.09. The summed E-state index contributed by atoms with van der Waals surface area (Å²) < 4.78 is 5.34. The monoisotopic (exact) mass is 196 g/mol. The van der Waals surface area contributed by atoms with E-state index in [0.29, 0.717) is 0 Å². The van der Waals surface area contributed by atoms with Crippen LogP contribution in [-0.2, 0) is 6.42 Å². The van der Waals surface area contributed by atoms with E-state index in [1.807, 2.05) is 26.8 Å². The minimum absolute atomic E-state index is 0.515. The number of rotatable bonds is 5. The highest BCUT2D eigenvalue weighted by atomic mass is 16.3. The van der Waals surface area contributed by atoms with E-state index < -0.39 is 5.60 Å². The van der Waals surface area contributed by atoms with E-state index in [1.165, 1.54) is 5.56 Å². The average molecular weight is 196 g/mol. The number of furan rings is 1. The van der Waals surface area contributed by atoms with Crippen LogP contribution in [0.5, 0.6) is 0 Å². The lowest BCUT2D eigenvalue weighted by molar-refractivity contribution is 0.0227. The number of hydrogen-bond donors (Lipinski definition) is 1. The molecule has 80 valence electrons. The zero-order chi connectivity index (χ0) is 10.6. The lowest BCUT2D eigenvalue weighted by Crippen LogP contribution is -2.27. The molecule has 0 unspecified atom stereocenters. The second-order valence-electron chi connectivity index (χ2n) is 3.96. The van der Waals surface area contributed by atoms with Gasteiger partial charge in [-0.25, -0.2) is 0 Å². The van der Waals surface area contributed by atoms with E-state index in [2.05, 4.69) is 0 Å².